The third-order valence-corrected chi connectivity index (χ3v) is 4.71. The Morgan fingerprint density at radius 1 is 1.24 bits per heavy atom. The van der Waals surface area contributed by atoms with Gasteiger partial charge in [-0.05, 0) is 42.0 Å². The fraction of sp³-hybridized carbons (Fsp3) is 0.263. The van der Waals surface area contributed by atoms with E-state index in [0.29, 0.717) is 12.3 Å². The van der Waals surface area contributed by atoms with Gasteiger partial charge in [0.15, 0.2) is 0 Å². The normalized spacial score (nSPS) is 17.0. The van der Waals surface area contributed by atoms with Crippen molar-refractivity contribution in [2.45, 2.75) is 13.0 Å². The maximum atomic E-state index is 13.1. The molecule has 2 aromatic carbocycles. The van der Waals surface area contributed by atoms with Crippen molar-refractivity contribution in [2.75, 3.05) is 16.8 Å². The molecular weight excluding hydrogens is 389 g/mol. The minimum Gasteiger partial charge on any atom is -0.489 e. The van der Waals surface area contributed by atoms with E-state index in [1.807, 2.05) is 0 Å². The lowest BCUT2D eigenvalue weighted by atomic mass is 10.1. The molecule has 1 unspecified atom stereocenters. The second kappa shape index (κ2) is 7.78. The summed E-state index contributed by atoms with van der Waals surface area (Å²) in [7, 11) is 0. The van der Waals surface area contributed by atoms with Gasteiger partial charge >= 0.3 is 0 Å². The fourth-order valence-corrected chi connectivity index (χ4v) is 3.26. The number of ether oxygens (including phenoxy) is 1. The van der Waals surface area contributed by atoms with Crippen molar-refractivity contribution in [1.29, 1.82) is 0 Å². The van der Waals surface area contributed by atoms with Crippen LogP contribution in [0.5, 0.6) is 5.75 Å². The number of nitrogens with zero attached hydrogens (tertiary/aromatic N) is 1. The number of Topliss-reactive ketones (excluding diaryl/α,β-unsaturated/α-hetero) is 1. The van der Waals surface area contributed by atoms with Crippen LogP contribution in [0.2, 0.25) is 0 Å². The van der Waals surface area contributed by atoms with E-state index in [9.17, 15) is 14.0 Å². The van der Waals surface area contributed by atoms with Gasteiger partial charge in [-0.25, -0.2) is 4.39 Å². The zero-order chi connectivity index (χ0) is 17.8. The van der Waals surface area contributed by atoms with Gasteiger partial charge in [0.05, 0.1) is 5.33 Å². The highest BCUT2D eigenvalue weighted by Gasteiger charge is 2.34. The number of benzene rings is 2. The minimum atomic E-state index is -0.295. The van der Waals surface area contributed by atoms with Crippen LogP contribution in [0.3, 0.4) is 0 Å². The van der Waals surface area contributed by atoms with Crippen molar-refractivity contribution in [1.82, 2.24) is 0 Å². The molecule has 1 amide bonds. The number of rotatable bonds is 6. The molecule has 1 aliphatic rings. The van der Waals surface area contributed by atoms with Crippen LogP contribution < -0.4 is 9.64 Å². The topological polar surface area (TPSA) is 46.6 Å². The van der Waals surface area contributed by atoms with E-state index in [-0.39, 0.29) is 41.8 Å². The molecule has 1 fully saturated rings. The molecular formula is C19H17BrFNO3. The van der Waals surface area contributed by atoms with Crippen LogP contribution in [0.1, 0.15) is 12.0 Å². The Labute approximate surface area is 153 Å². The number of alkyl halides is 1. The number of anilines is 1. The van der Waals surface area contributed by atoms with Crippen LogP contribution in [-0.4, -0.2) is 23.6 Å². The predicted molar refractivity (Wildman–Crippen MR) is 96.4 cm³/mol. The van der Waals surface area contributed by atoms with Gasteiger partial charge in [-0.2, -0.15) is 0 Å². The van der Waals surface area contributed by atoms with E-state index in [4.69, 9.17) is 4.74 Å². The van der Waals surface area contributed by atoms with Gasteiger partial charge in [0, 0.05) is 24.6 Å². The van der Waals surface area contributed by atoms with Crippen LogP contribution in [-0.2, 0) is 16.2 Å². The van der Waals surface area contributed by atoms with Crippen molar-refractivity contribution in [3.8, 4) is 5.75 Å². The number of ketones is 1. The van der Waals surface area contributed by atoms with Gasteiger partial charge in [0.25, 0.3) is 0 Å². The molecule has 1 aliphatic heterocycles. The van der Waals surface area contributed by atoms with Crippen molar-refractivity contribution in [3.63, 3.8) is 0 Å². The summed E-state index contributed by atoms with van der Waals surface area (Å²) in [4.78, 5) is 25.5. The molecule has 0 aromatic heterocycles. The maximum Gasteiger partial charge on any atom is 0.227 e. The Balaban J connectivity index is 1.62. The standard InChI is InChI=1S/C19H17BrFNO3/c20-10-18(23)14-9-19(24)22(11-14)16-4-6-17(7-5-16)25-12-13-2-1-3-15(21)8-13/h1-8,14H,9-12H2. The molecule has 4 nitrogen and oxygen atoms in total. The molecule has 2 aromatic rings. The highest BCUT2D eigenvalue weighted by Crippen LogP contribution is 2.27. The highest BCUT2D eigenvalue weighted by molar-refractivity contribution is 9.09. The van der Waals surface area contributed by atoms with E-state index in [1.165, 1.54) is 12.1 Å². The first-order valence-corrected chi connectivity index (χ1v) is 9.05. The van der Waals surface area contributed by atoms with Gasteiger partial charge in [-0.15, -0.1) is 0 Å². The molecule has 1 saturated heterocycles. The lowest BCUT2D eigenvalue weighted by Crippen LogP contribution is -2.25. The SMILES string of the molecule is O=C(CBr)C1CC(=O)N(c2ccc(OCc3cccc(F)c3)cc2)C1. The zero-order valence-electron chi connectivity index (χ0n) is 13.5. The summed E-state index contributed by atoms with van der Waals surface area (Å²) in [5.41, 5.74) is 1.49. The maximum absolute atomic E-state index is 13.1. The number of amides is 1. The summed E-state index contributed by atoms with van der Waals surface area (Å²) in [5, 5.41) is 0.269. The van der Waals surface area contributed by atoms with Gasteiger partial charge in [-0.1, -0.05) is 28.1 Å². The van der Waals surface area contributed by atoms with Gasteiger partial charge in [0.1, 0.15) is 24.0 Å². The molecule has 0 bridgehead atoms. The molecule has 0 N–H and O–H groups in total. The van der Waals surface area contributed by atoms with Crippen molar-refractivity contribution < 1.29 is 18.7 Å². The Bertz CT molecular complexity index is 778. The quantitative estimate of drug-likeness (QED) is 0.687. The number of hydrogen-bond donors (Lipinski definition) is 0. The van der Waals surface area contributed by atoms with Crippen LogP contribution in [0.4, 0.5) is 10.1 Å². The smallest absolute Gasteiger partial charge is 0.227 e. The summed E-state index contributed by atoms with van der Waals surface area (Å²) in [6.07, 6.45) is 0.252. The fourth-order valence-electron chi connectivity index (χ4n) is 2.80. The van der Waals surface area contributed by atoms with E-state index in [1.54, 1.807) is 41.3 Å². The minimum absolute atomic E-state index is 0.0471. The predicted octanol–water partition coefficient (Wildman–Crippen LogP) is 3.72. The van der Waals surface area contributed by atoms with Crippen LogP contribution in [0, 0.1) is 11.7 Å². The average Bonchev–Trinajstić information content (AvgIpc) is 3.01. The van der Waals surface area contributed by atoms with Crippen molar-refractivity contribution in [2.24, 2.45) is 5.92 Å². The van der Waals surface area contributed by atoms with Crippen LogP contribution >= 0.6 is 15.9 Å². The monoisotopic (exact) mass is 405 g/mol. The first-order chi connectivity index (χ1) is 12.1. The lowest BCUT2D eigenvalue weighted by Gasteiger charge is -2.17. The molecule has 6 heteroatoms. The first-order valence-electron chi connectivity index (χ1n) is 7.93. The largest absolute Gasteiger partial charge is 0.489 e. The zero-order valence-corrected chi connectivity index (χ0v) is 15.0. The van der Waals surface area contributed by atoms with Crippen LogP contribution in [0.15, 0.2) is 48.5 Å². The number of carbonyl (C=O) groups is 2. The summed E-state index contributed by atoms with van der Waals surface area (Å²) in [6.45, 7) is 0.675. The number of carbonyl (C=O) groups excluding carboxylic acids is 2. The Morgan fingerprint density at radius 3 is 2.68 bits per heavy atom. The van der Waals surface area contributed by atoms with E-state index in [2.05, 4.69) is 15.9 Å². The third kappa shape index (κ3) is 4.25. The molecule has 0 spiro atoms. The van der Waals surface area contributed by atoms with Gasteiger partial charge in [0.2, 0.25) is 5.91 Å². The molecule has 130 valence electrons. The van der Waals surface area contributed by atoms with Gasteiger partial charge < -0.3 is 9.64 Å². The lowest BCUT2D eigenvalue weighted by molar-refractivity contribution is -0.122. The van der Waals surface area contributed by atoms with Crippen LogP contribution in [0.25, 0.3) is 0 Å². The third-order valence-electron chi connectivity index (χ3n) is 4.16. The Kier molecular flexibility index (Phi) is 5.48. The summed E-state index contributed by atoms with van der Waals surface area (Å²) in [6, 6.07) is 13.4. The molecule has 1 heterocycles. The molecule has 25 heavy (non-hydrogen) atoms. The molecule has 1 atom stereocenters. The number of halogens is 2. The Morgan fingerprint density at radius 2 is 2.00 bits per heavy atom. The van der Waals surface area contributed by atoms with E-state index in [0.717, 1.165) is 11.3 Å². The second-order valence-electron chi connectivity index (χ2n) is 5.92. The first kappa shape index (κ1) is 17.6. The Hall–Kier alpha value is -2.21. The second-order valence-corrected chi connectivity index (χ2v) is 6.48. The van der Waals surface area contributed by atoms with Crippen molar-refractivity contribution >= 4 is 33.3 Å². The van der Waals surface area contributed by atoms with E-state index >= 15 is 0 Å². The van der Waals surface area contributed by atoms with E-state index < -0.39 is 0 Å². The molecule has 0 radical (unpaired) electrons. The number of hydrogen-bond acceptors (Lipinski definition) is 3. The summed E-state index contributed by atoms with van der Waals surface area (Å²) < 4.78 is 18.8. The highest BCUT2D eigenvalue weighted by atomic mass is 79.9. The van der Waals surface area contributed by atoms with Crippen molar-refractivity contribution in [3.05, 3.63) is 59.9 Å². The molecule has 0 aliphatic carbocycles. The summed E-state index contributed by atoms with van der Waals surface area (Å²) >= 11 is 3.15. The molecule has 0 saturated carbocycles. The molecule has 3 rings (SSSR count). The summed E-state index contributed by atoms with van der Waals surface area (Å²) in [5.74, 6) is 0.0821. The average molecular weight is 406 g/mol. The van der Waals surface area contributed by atoms with Gasteiger partial charge in [-0.3, -0.25) is 9.59 Å².